The lowest BCUT2D eigenvalue weighted by Crippen LogP contribution is -2.18. The van der Waals surface area contributed by atoms with Crippen LogP contribution in [0.15, 0.2) is 29.2 Å². The largest absolute Gasteiger partial charge is 0.314 e. The zero-order chi connectivity index (χ0) is 13.0. The summed E-state index contributed by atoms with van der Waals surface area (Å²) in [7, 11) is -3.24. The maximum atomic E-state index is 12.1. The molecule has 0 unspecified atom stereocenters. The maximum absolute atomic E-state index is 12.1. The van der Waals surface area contributed by atoms with E-state index in [9.17, 15) is 8.42 Å². The average Bonchev–Trinajstić information content (AvgIpc) is 3.13. The lowest BCUT2D eigenvalue weighted by molar-refractivity contribution is 0.586. The molecule has 1 aromatic rings. The Morgan fingerprint density at radius 2 is 1.94 bits per heavy atom. The summed E-state index contributed by atoms with van der Waals surface area (Å²) >= 11 is 5.91. The van der Waals surface area contributed by atoms with E-state index in [4.69, 9.17) is 11.6 Å². The number of unbranched alkanes of at least 4 members (excludes halogenated alkanes) is 1. The Morgan fingerprint density at radius 3 is 2.61 bits per heavy atom. The Kier molecular flexibility index (Phi) is 4.65. The maximum Gasteiger partial charge on any atom is 0.179 e. The van der Waals surface area contributed by atoms with Gasteiger partial charge in [0.1, 0.15) is 0 Å². The van der Waals surface area contributed by atoms with Crippen LogP contribution in [0.5, 0.6) is 0 Å². The molecule has 0 spiro atoms. The molecule has 0 aliphatic heterocycles. The van der Waals surface area contributed by atoms with Crippen molar-refractivity contribution in [1.29, 1.82) is 0 Å². The van der Waals surface area contributed by atoms with Crippen LogP contribution in [0.2, 0.25) is 5.02 Å². The highest BCUT2D eigenvalue weighted by Gasteiger charge is 2.20. The fourth-order valence-corrected chi connectivity index (χ4v) is 3.76. The van der Waals surface area contributed by atoms with Crippen molar-refractivity contribution in [2.24, 2.45) is 0 Å². The Bertz CT molecular complexity index is 497. The third kappa shape index (κ3) is 3.97. The first-order valence-corrected chi connectivity index (χ1v) is 8.33. The Balaban J connectivity index is 1.81. The minimum atomic E-state index is -3.24. The van der Waals surface area contributed by atoms with E-state index in [0.29, 0.717) is 17.5 Å². The van der Waals surface area contributed by atoms with E-state index < -0.39 is 9.84 Å². The summed E-state index contributed by atoms with van der Waals surface area (Å²) < 4.78 is 24.1. The van der Waals surface area contributed by atoms with Crippen molar-refractivity contribution in [2.75, 3.05) is 12.3 Å². The predicted molar refractivity (Wildman–Crippen MR) is 73.8 cm³/mol. The first-order valence-electron chi connectivity index (χ1n) is 6.30. The summed E-state index contributed by atoms with van der Waals surface area (Å²) in [5, 5.41) is 3.69. The van der Waals surface area contributed by atoms with E-state index >= 15 is 0 Å². The summed E-state index contributed by atoms with van der Waals surface area (Å²) in [5.41, 5.74) is 0. The van der Waals surface area contributed by atoms with Gasteiger partial charge in [0.25, 0.3) is 0 Å². The molecule has 1 saturated carbocycles. The molecule has 0 atom stereocenters. The summed E-state index contributed by atoms with van der Waals surface area (Å²) in [6, 6.07) is 7.31. The monoisotopic (exact) mass is 287 g/mol. The quantitative estimate of drug-likeness (QED) is 0.784. The first kappa shape index (κ1) is 13.8. The highest BCUT2D eigenvalue weighted by atomic mass is 35.5. The second-order valence-electron chi connectivity index (χ2n) is 4.68. The van der Waals surface area contributed by atoms with E-state index in [0.717, 1.165) is 13.0 Å². The van der Waals surface area contributed by atoms with Crippen LogP contribution < -0.4 is 5.32 Å². The molecule has 1 aliphatic carbocycles. The third-order valence-corrected chi connectivity index (χ3v) is 5.32. The fourth-order valence-electron chi connectivity index (χ4n) is 1.82. The molecule has 0 bridgehead atoms. The lowest BCUT2D eigenvalue weighted by atomic mass is 10.3. The van der Waals surface area contributed by atoms with Gasteiger partial charge in [0.2, 0.25) is 0 Å². The zero-order valence-electron chi connectivity index (χ0n) is 10.2. The molecule has 3 nitrogen and oxygen atoms in total. The Morgan fingerprint density at radius 1 is 1.22 bits per heavy atom. The normalized spacial score (nSPS) is 15.8. The number of hydrogen-bond donors (Lipinski definition) is 1. The molecule has 2 rings (SSSR count). The van der Waals surface area contributed by atoms with Gasteiger partial charge in [-0.2, -0.15) is 0 Å². The molecular formula is C13H18ClNO2S. The first-order chi connectivity index (χ1) is 8.59. The number of halogens is 1. The molecule has 1 N–H and O–H groups in total. The van der Waals surface area contributed by atoms with Crippen molar-refractivity contribution in [3.8, 4) is 0 Å². The Hall–Kier alpha value is -0.580. The number of sulfone groups is 1. The molecule has 1 aliphatic rings. The van der Waals surface area contributed by atoms with Crippen molar-refractivity contribution >= 4 is 21.4 Å². The number of hydrogen-bond acceptors (Lipinski definition) is 3. The minimum Gasteiger partial charge on any atom is -0.314 e. The molecular weight excluding hydrogens is 270 g/mol. The molecule has 5 heteroatoms. The van der Waals surface area contributed by atoms with Gasteiger partial charge in [-0.3, -0.25) is 0 Å². The minimum absolute atomic E-state index is 0.170. The van der Waals surface area contributed by atoms with E-state index in [1.807, 2.05) is 0 Å². The molecule has 18 heavy (non-hydrogen) atoms. The van der Waals surface area contributed by atoms with Crippen LogP contribution in [0.3, 0.4) is 0 Å². The van der Waals surface area contributed by atoms with E-state index in [-0.39, 0.29) is 10.6 Å². The summed E-state index contributed by atoms with van der Waals surface area (Å²) in [6.45, 7) is 0.905. The molecule has 0 radical (unpaired) electrons. The topological polar surface area (TPSA) is 46.2 Å². The average molecular weight is 288 g/mol. The van der Waals surface area contributed by atoms with Crippen LogP contribution in [0.25, 0.3) is 0 Å². The van der Waals surface area contributed by atoms with Crippen molar-refractivity contribution in [3.63, 3.8) is 0 Å². The number of nitrogens with one attached hydrogen (secondary N) is 1. The highest BCUT2D eigenvalue weighted by Crippen LogP contribution is 2.22. The van der Waals surface area contributed by atoms with Gasteiger partial charge in [0.15, 0.2) is 9.84 Å². The smallest absolute Gasteiger partial charge is 0.179 e. The number of benzene rings is 1. The Labute approximate surface area is 113 Å². The molecule has 0 heterocycles. The molecule has 1 aromatic carbocycles. The molecule has 0 aromatic heterocycles. The third-order valence-electron chi connectivity index (χ3n) is 3.02. The van der Waals surface area contributed by atoms with Crippen molar-refractivity contribution in [3.05, 3.63) is 29.3 Å². The molecule has 0 saturated heterocycles. The van der Waals surface area contributed by atoms with Crippen LogP contribution in [0, 0.1) is 0 Å². The SMILES string of the molecule is O=S(=O)(CCCCNC1CC1)c1ccccc1Cl. The summed E-state index contributed by atoms with van der Waals surface area (Å²) in [5.74, 6) is 0.170. The molecule has 100 valence electrons. The van der Waals surface area contributed by atoms with Gasteiger partial charge in [0.05, 0.1) is 15.7 Å². The zero-order valence-corrected chi connectivity index (χ0v) is 11.8. The van der Waals surface area contributed by atoms with Gasteiger partial charge in [-0.1, -0.05) is 23.7 Å². The van der Waals surface area contributed by atoms with Crippen LogP contribution in [0.4, 0.5) is 0 Å². The highest BCUT2D eigenvalue weighted by molar-refractivity contribution is 7.91. The second-order valence-corrected chi connectivity index (χ2v) is 7.17. The van der Waals surface area contributed by atoms with Gasteiger partial charge in [-0.05, 0) is 44.4 Å². The van der Waals surface area contributed by atoms with Gasteiger partial charge in [-0.25, -0.2) is 8.42 Å². The molecule has 1 fully saturated rings. The predicted octanol–water partition coefficient (Wildman–Crippen LogP) is 2.65. The van der Waals surface area contributed by atoms with Crippen molar-refractivity contribution in [2.45, 2.75) is 36.6 Å². The van der Waals surface area contributed by atoms with E-state index in [1.54, 1.807) is 24.3 Å². The van der Waals surface area contributed by atoms with Gasteiger partial charge < -0.3 is 5.32 Å². The summed E-state index contributed by atoms with van der Waals surface area (Å²) in [6.07, 6.45) is 4.09. The number of rotatable bonds is 7. The van der Waals surface area contributed by atoms with E-state index in [2.05, 4.69) is 5.32 Å². The van der Waals surface area contributed by atoms with Crippen LogP contribution >= 0.6 is 11.6 Å². The van der Waals surface area contributed by atoms with Crippen LogP contribution in [0.1, 0.15) is 25.7 Å². The van der Waals surface area contributed by atoms with Crippen LogP contribution in [-0.2, 0) is 9.84 Å². The van der Waals surface area contributed by atoms with Crippen molar-refractivity contribution in [1.82, 2.24) is 5.32 Å². The van der Waals surface area contributed by atoms with E-state index in [1.165, 1.54) is 12.8 Å². The van der Waals surface area contributed by atoms with Gasteiger partial charge in [-0.15, -0.1) is 0 Å². The van der Waals surface area contributed by atoms with Crippen molar-refractivity contribution < 1.29 is 8.42 Å². The summed E-state index contributed by atoms with van der Waals surface area (Å²) in [4.78, 5) is 0.252. The lowest BCUT2D eigenvalue weighted by Gasteiger charge is -2.06. The fraction of sp³-hybridized carbons (Fsp3) is 0.538. The van der Waals surface area contributed by atoms with Gasteiger partial charge in [0, 0.05) is 6.04 Å². The van der Waals surface area contributed by atoms with Crippen LogP contribution in [-0.4, -0.2) is 26.8 Å². The molecule has 0 amide bonds. The van der Waals surface area contributed by atoms with Gasteiger partial charge >= 0.3 is 0 Å². The standard InChI is InChI=1S/C13H18ClNO2S/c14-12-5-1-2-6-13(12)18(16,17)10-4-3-9-15-11-7-8-11/h1-2,5-6,11,15H,3-4,7-10H2. The second kappa shape index (κ2) is 6.04.